The van der Waals surface area contributed by atoms with E-state index in [1.165, 1.54) is 18.3 Å². The third-order valence-corrected chi connectivity index (χ3v) is 6.15. The molecule has 10 heteroatoms. The first-order valence-corrected chi connectivity index (χ1v) is 11.2. The number of nitrogens with one attached hydrogen (secondary N) is 4. The fraction of sp³-hybridized carbons (Fsp3) is 0.333. The molecule has 2 amide bonds. The molecule has 0 saturated carbocycles. The van der Waals surface area contributed by atoms with Gasteiger partial charge in [0, 0.05) is 37.6 Å². The number of aryl methyl sites for hydroxylation is 1. The Morgan fingerprint density at radius 1 is 1.21 bits per heavy atom. The van der Waals surface area contributed by atoms with Crippen LogP contribution < -0.4 is 16.1 Å². The highest BCUT2D eigenvalue weighted by molar-refractivity contribution is 6.14. The fourth-order valence-corrected chi connectivity index (χ4v) is 4.27. The molecule has 0 bridgehead atoms. The van der Waals surface area contributed by atoms with Crippen LogP contribution >= 0.6 is 0 Å². The SMILES string of the molecule is Cc1ccc(N/N=C\C=N)c(C(=O)N2CCN(C3NC(=O)c4cc(F)ccc4N3)CCC2C)c1. The van der Waals surface area contributed by atoms with Gasteiger partial charge in [0.1, 0.15) is 5.82 Å². The van der Waals surface area contributed by atoms with E-state index in [0.29, 0.717) is 36.6 Å². The summed E-state index contributed by atoms with van der Waals surface area (Å²) in [6.45, 7) is 5.63. The zero-order chi connectivity index (χ0) is 24.2. The number of hydrogen-bond donors (Lipinski definition) is 4. The third kappa shape index (κ3) is 4.91. The van der Waals surface area contributed by atoms with E-state index in [4.69, 9.17) is 5.41 Å². The number of rotatable bonds is 5. The minimum atomic E-state index is -0.458. The lowest BCUT2D eigenvalue weighted by atomic mass is 10.1. The first-order valence-electron chi connectivity index (χ1n) is 11.2. The lowest BCUT2D eigenvalue weighted by Gasteiger charge is -2.36. The summed E-state index contributed by atoms with van der Waals surface area (Å²) in [6, 6.07) is 9.63. The molecule has 2 aliphatic rings. The summed E-state index contributed by atoms with van der Waals surface area (Å²) in [5.41, 5.74) is 5.76. The zero-order valence-electron chi connectivity index (χ0n) is 19.1. The lowest BCUT2D eigenvalue weighted by molar-refractivity contribution is 0.0694. The number of carbonyl (C=O) groups excluding carboxylic acids is 2. The van der Waals surface area contributed by atoms with E-state index >= 15 is 0 Å². The number of benzene rings is 2. The van der Waals surface area contributed by atoms with Gasteiger partial charge in [-0.15, -0.1) is 0 Å². The molecule has 0 radical (unpaired) electrons. The maximum atomic E-state index is 13.5. The van der Waals surface area contributed by atoms with Gasteiger partial charge in [-0.25, -0.2) is 4.39 Å². The lowest BCUT2D eigenvalue weighted by Crippen LogP contribution is -2.56. The Hall–Kier alpha value is -3.79. The second kappa shape index (κ2) is 10.0. The zero-order valence-corrected chi connectivity index (χ0v) is 19.1. The van der Waals surface area contributed by atoms with Crippen LogP contribution in [0.15, 0.2) is 41.5 Å². The Kier molecular flexibility index (Phi) is 6.87. The Bertz CT molecular complexity index is 1140. The molecular weight excluding hydrogens is 437 g/mol. The van der Waals surface area contributed by atoms with Crippen LogP contribution in [0.3, 0.4) is 0 Å². The van der Waals surface area contributed by atoms with Crippen LogP contribution in [0.1, 0.15) is 39.6 Å². The molecule has 1 saturated heterocycles. The van der Waals surface area contributed by atoms with Crippen molar-refractivity contribution in [3.63, 3.8) is 0 Å². The molecule has 0 aromatic heterocycles. The smallest absolute Gasteiger partial charge is 0.256 e. The number of amides is 2. The molecule has 4 rings (SSSR count). The van der Waals surface area contributed by atoms with Crippen molar-refractivity contribution in [3.8, 4) is 0 Å². The predicted octanol–water partition coefficient (Wildman–Crippen LogP) is 2.86. The number of hydrazone groups is 1. The van der Waals surface area contributed by atoms with Crippen molar-refractivity contribution in [1.82, 2.24) is 15.1 Å². The van der Waals surface area contributed by atoms with Gasteiger partial charge in [0.2, 0.25) is 0 Å². The maximum absolute atomic E-state index is 13.5. The van der Waals surface area contributed by atoms with E-state index in [1.807, 2.05) is 30.9 Å². The highest BCUT2D eigenvalue weighted by atomic mass is 19.1. The first-order chi connectivity index (χ1) is 16.4. The highest BCUT2D eigenvalue weighted by Crippen LogP contribution is 2.25. The predicted molar refractivity (Wildman–Crippen MR) is 130 cm³/mol. The average Bonchev–Trinajstić information content (AvgIpc) is 3.01. The molecule has 2 aromatic rings. The topological polar surface area (TPSA) is 113 Å². The quantitative estimate of drug-likeness (QED) is 0.401. The van der Waals surface area contributed by atoms with Crippen molar-refractivity contribution < 1.29 is 14.0 Å². The number of fused-ring (bicyclic) bond motifs is 1. The van der Waals surface area contributed by atoms with Gasteiger partial charge in [-0.2, -0.15) is 5.10 Å². The molecular formula is C24H28FN7O2. The molecule has 2 atom stereocenters. The molecule has 2 heterocycles. The van der Waals surface area contributed by atoms with Crippen molar-refractivity contribution in [2.24, 2.45) is 5.10 Å². The van der Waals surface area contributed by atoms with Gasteiger partial charge in [-0.05, 0) is 50.6 Å². The van der Waals surface area contributed by atoms with Crippen LogP contribution in [0, 0.1) is 18.2 Å². The van der Waals surface area contributed by atoms with E-state index in [0.717, 1.165) is 18.2 Å². The molecule has 34 heavy (non-hydrogen) atoms. The molecule has 2 aliphatic heterocycles. The van der Waals surface area contributed by atoms with Gasteiger partial charge in [-0.3, -0.25) is 19.9 Å². The van der Waals surface area contributed by atoms with Gasteiger partial charge in [-0.1, -0.05) is 11.6 Å². The number of hydrogen-bond acceptors (Lipinski definition) is 7. The van der Waals surface area contributed by atoms with E-state index in [9.17, 15) is 14.0 Å². The van der Waals surface area contributed by atoms with Crippen molar-refractivity contribution in [2.45, 2.75) is 32.6 Å². The minimum absolute atomic E-state index is 0.0170. The second-order valence-electron chi connectivity index (χ2n) is 8.49. The van der Waals surface area contributed by atoms with Crippen LogP contribution in [0.2, 0.25) is 0 Å². The van der Waals surface area contributed by atoms with Gasteiger partial charge in [0.05, 0.1) is 23.0 Å². The average molecular weight is 466 g/mol. The summed E-state index contributed by atoms with van der Waals surface area (Å²) in [5, 5.41) is 17.2. The van der Waals surface area contributed by atoms with Gasteiger partial charge >= 0.3 is 0 Å². The summed E-state index contributed by atoms with van der Waals surface area (Å²) in [6.07, 6.45) is 2.63. The Morgan fingerprint density at radius 2 is 2.03 bits per heavy atom. The van der Waals surface area contributed by atoms with Crippen LogP contribution in [-0.4, -0.2) is 66.0 Å². The van der Waals surface area contributed by atoms with E-state index in [1.54, 1.807) is 12.1 Å². The number of anilines is 2. The fourth-order valence-electron chi connectivity index (χ4n) is 4.27. The third-order valence-electron chi connectivity index (χ3n) is 6.15. The van der Waals surface area contributed by atoms with Crippen molar-refractivity contribution in [1.29, 1.82) is 5.41 Å². The van der Waals surface area contributed by atoms with E-state index < -0.39 is 12.1 Å². The highest BCUT2D eigenvalue weighted by Gasteiger charge is 2.33. The van der Waals surface area contributed by atoms with Gasteiger partial charge in [0.15, 0.2) is 6.29 Å². The maximum Gasteiger partial charge on any atom is 0.256 e. The molecule has 4 N–H and O–H groups in total. The summed E-state index contributed by atoms with van der Waals surface area (Å²) in [7, 11) is 0. The first kappa shape index (κ1) is 23.4. The number of nitrogens with zero attached hydrogens (tertiary/aromatic N) is 3. The summed E-state index contributed by atoms with van der Waals surface area (Å²) in [5.74, 6) is -0.892. The Balaban J connectivity index is 1.50. The summed E-state index contributed by atoms with van der Waals surface area (Å²) in [4.78, 5) is 30.0. The normalized spacial score (nSPS) is 20.8. The Morgan fingerprint density at radius 3 is 2.82 bits per heavy atom. The molecule has 0 spiro atoms. The van der Waals surface area contributed by atoms with E-state index in [-0.39, 0.29) is 23.4 Å². The van der Waals surface area contributed by atoms with Crippen molar-refractivity contribution in [3.05, 3.63) is 58.9 Å². The molecule has 178 valence electrons. The van der Waals surface area contributed by atoms with E-state index in [2.05, 4.69) is 26.1 Å². The molecule has 2 aromatic carbocycles. The molecule has 0 aliphatic carbocycles. The minimum Gasteiger partial charge on any atom is -0.352 e. The van der Waals surface area contributed by atoms with Crippen LogP contribution in [0.5, 0.6) is 0 Å². The summed E-state index contributed by atoms with van der Waals surface area (Å²) >= 11 is 0. The van der Waals surface area contributed by atoms with Crippen LogP contribution in [0.4, 0.5) is 15.8 Å². The largest absolute Gasteiger partial charge is 0.352 e. The second-order valence-corrected chi connectivity index (χ2v) is 8.49. The monoisotopic (exact) mass is 465 g/mol. The van der Waals surface area contributed by atoms with Crippen LogP contribution in [0.25, 0.3) is 0 Å². The van der Waals surface area contributed by atoms with Crippen molar-refractivity contribution in [2.75, 3.05) is 30.4 Å². The van der Waals surface area contributed by atoms with Crippen molar-refractivity contribution >= 4 is 35.6 Å². The standard InChI is InChI=1S/C24H28FN7O2/c1-15-3-5-21(30-27-9-8-26)19(13-15)23(34)32-12-11-31(10-7-16(32)2)24-28-20-6-4-17(25)14-18(20)22(33)29-24/h3-6,8-9,13-14,16,24,26,28,30H,7,10-12H2,1-2H3,(H,29,33)/b26-8?,27-9-. The van der Waals surface area contributed by atoms with Gasteiger partial charge < -0.3 is 20.9 Å². The molecule has 1 fully saturated rings. The molecule has 2 unspecified atom stereocenters. The Labute approximate surface area is 197 Å². The summed E-state index contributed by atoms with van der Waals surface area (Å²) < 4.78 is 13.5. The molecule has 9 nitrogen and oxygen atoms in total. The van der Waals surface area contributed by atoms with Gasteiger partial charge in [0.25, 0.3) is 11.8 Å². The number of halogens is 1. The number of carbonyl (C=O) groups is 2. The van der Waals surface area contributed by atoms with Crippen LogP contribution in [-0.2, 0) is 0 Å².